The van der Waals surface area contributed by atoms with Crippen LogP contribution < -0.4 is 10.0 Å². The van der Waals surface area contributed by atoms with Crippen LogP contribution in [0.15, 0.2) is 61.2 Å². The summed E-state index contributed by atoms with van der Waals surface area (Å²) in [5, 5.41) is 2.93. The number of amides is 2. The van der Waals surface area contributed by atoms with Gasteiger partial charge in [0, 0.05) is 25.2 Å². The summed E-state index contributed by atoms with van der Waals surface area (Å²) in [6, 6.07) is 13.0. The Morgan fingerprint density at radius 3 is 2.69 bits per heavy atom. The molecular weight excluding hydrogens is 430 g/mol. The molecule has 32 heavy (non-hydrogen) atoms. The minimum absolute atomic E-state index is 0.00759. The molecule has 1 aromatic carbocycles. The number of sulfonamides is 1. The summed E-state index contributed by atoms with van der Waals surface area (Å²) in [5.41, 5.74) is 2.34. The van der Waals surface area contributed by atoms with Crippen molar-refractivity contribution in [2.24, 2.45) is 0 Å². The van der Waals surface area contributed by atoms with Crippen molar-refractivity contribution in [3.8, 4) is 0 Å². The Labute approximate surface area is 186 Å². The highest BCUT2D eigenvalue weighted by molar-refractivity contribution is 7.88. The van der Waals surface area contributed by atoms with E-state index in [1.807, 2.05) is 36.5 Å². The van der Waals surface area contributed by atoms with Gasteiger partial charge in [-0.15, -0.1) is 0 Å². The predicted molar refractivity (Wildman–Crippen MR) is 120 cm³/mol. The van der Waals surface area contributed by atoms with Gasteiger partial charge in [0.25, 0.3) is 5.91 Å². The highest BCUT2D eigenvalue weighted by atomic mass is 32.2. The monoisotopic (exact) mass is 455 g/mol. The fourth-order valence-electron chi connectivity index (χ4n) is 4.14. The van der Waals surface area contributed by atoms with Crippen LogP contribution in [0.2, 0.25) is 0 Å². The molecular formula is C22H25N5O4S. The maximum Gasteiger partial charge on any atom is 0.256 e. The molecule has 168 valence electrons. The van der Waals surface area contributed by atoms with Gasteiger partial charge in [-0.3, -0.25) is 9.59 Å². The molecule has 2 amide bonds. The van der Waals surface area contributed by atoms with E-state index in [4.69, 9.17) is 0 Å². The Kier molecular flexibility index (Phi) is 6.24. The molecule has 1 fully saturated rings. The number of hydrogen-bond acceptors (Lipinski definition) is 5. The second kappa shape index (κ2) is 9.09. The van der Waals surface area contributed by atoms with E-state index in [9.17, 15) is 18.0 Å². The number of likely N-dealkylation sites (tertiary alicyclic amines) is 1. The van der Waals surface area contributed by atoms with Crippen LogP contribution >= 0.6 is 0 Å². The van der Waals surface area contributed by atoms with Gasteiger partial charge < -0.3 is 14.6 Å². The highest BCUT2D eigenvalue weighted by Gasteiger charge is 2.34. The molecule has 2 aromatic heterocycles. The number of pyridine rings is 1. The topological polar surface area (TPSA) is 113 Å². The molecule has 0 aliphatic carbocycles. The summed E-state index contributed by atoms with van der Waals surface area (Å²) in [6.07, 6.45) is 6.80. The lowest BCUT2D eigenvalue weighted by Crippen LogP contribution is -2.54. The Hall–Kier alpha value is -3.24. The van der Waals surface area contributed by atoms with Crippen molar-refractivity contribution in [1.82, 2.24) is 24.3 Å². The lowest BCUT2D eigenvalue weighted by atomic mass is 9.85. The summed E-state index contributed by atoms with van der Waals surface area (Å²) in [4.78, 5) is 31.6. The molecule has 1 saturated heterocycles. The van der Waals surface area contributed by atoms with Gasteiger partial charge in [0.15, 0.2) is 0 Å². The van der Waals surface area contributed by atoms with Crippen molar-refractivity contribution in [1.29, 1.82) is 0 Å². The minimum atomic E-state index is -3.48. The van der Waals surface area contributed by atoms with E-state index in [1.165, 1.54) is 0 Å². The smallest absolute Gasteiger partial charge is 0.256 e. The van der Waals surface area contributed by atoms with E-state index in [0.717, 1.165) is 17.3 Å². The lowest BCUT2D eigenvalue weighted by molar-refractivity contribution is -0.121. The van der Waals surface area contributed by atoms with Crippen LogP contribution in [0.4, 0.5) is 0 Å². The van der Waals surface area contributed by atoms with Gasteiger partial charge >= 0.3 is 0 Å². The lowest BCUT2D eigenvalue weighted by Gasteiger charge is -2.39. The van der Waals surface area contributed by atoms with E-state index in [-0.39, 0.29) is 24.4 Å². The first-order valence-electron chi connectivity index (χ1n) is 10.3. The van der Waals surface area contributed by atoms with Crippen LogP contribution in [-0.2, 0) is 14.8 Å². The maximum atomic E-state index is 13.3. The van der Waals surface area contributed by atoms with Gasteiger partial charge in [-0.2, -0.15) is 0 Å². The number of carbonyl (C=O) groups is 2. The third-order valence-electron chi connectivity index (χ3n) is 5.65. The number of nitrogens with one attached hydrogen (secondary N) is 2. The van der Waals surface area contributed by atoms with E-state index >= 15 is 0 Å². The molecule has 2 unspecified atom stereocenters. The highest BCUT2D eigenvalue weighted by Crippen LogP contribution is 2.29. The average molecular weight is 456 g/mol. The fraction of sp³-hybridized carbons (Fsp3) is 0.318. The number of aromatic nitrogens is 2. The third-order valence-corrected chi connectivity index (χ3v) is 6.32. The molecule has 3 aromatic rings. The van der Waals surface area contributed by atoms with Crippen LogP contribution in [0.3, 0.4) is 0 Å². The molecule has 2 atom stereocenters. The summed E-state index contributed by atoms with van der Waals surface area (Å²) in [6.45, 7) is 0.514. The molecule has 9 nitrogen and oxygen atoms in total. The molecule has 0 bridgehead atoms. The van der Waals surface area contributed by atoms with Gasteiger partial charge in [0.2, 0.25) is 15.9 Å². The number of carbonyl (C=O) groups excluding carboxylic acids is 2. The molecule has 1 aliphatic heterocycles. The van der Waals surface area contributed by atoms with Crippen molar-refractivity contribution in [2.45, 2.75) is 18.4 Å². The molecule has 4 rings (SSSR count). The van der Waals surface area contributed by atoms with Gasteiger partial charge in [-0.1, -0.05) is 30.3 Å². The number of fused-ring (bicyclic) bond motifs is 1. The number of nitrogens with zero attached hydrogens (tertiary/aromatic N) is 3. The molecule has 10 heteroatoms. The number of piperidine rings is 1. The zero-order valence-electron chi connectivity index (χ0n) is 17.6. The summed E-state index contributed by atoms with van der Waals surface area (Å²) in [7, 11) is -3.48. The molecule has 2 N–H and O–H groups in total. The Morgan fingerprint density at radius 2 is 1.94 bits per heavy atom. The van der Waals surface area contributed by atoms with Crippen molar-refractivity contribution >= 4 is 27.4 Å². The number of benzene rings is 1. The molecule has 0 radical (unpaired) electrons. The summed E-state index contributed by atoms with van der Waals surface area (Å²) >= 11 is 0. The van der Waals surface area contributed by atoms with Crippen LogP contribution in [0.1, 0.15) is 28.3 Å². The third kappa shape index (κ3) is 4.97. The van der Waals surface area contributed by atoms with Crippen molar-refractivity contribution in [3.05, 3.63) is 72.3 Å². The predicted octanol–water partition coefficient (Wildman–Crippen LogP) is 0.998. The molecule has 0 saturated carbocycles. The van der Waals surface area contributed by atoms with Crippen LogP contribution in [0, 0.1) is 0 Å². The maximum absolute atomic E-state index is 13.3. The molecule has 3 heterocycles. The first-order valence-corrected chi connectivity index (χ1v) is 12.2. The normalized spacial score (nSPS) is 19.1. The number of imidazole rings is 1. The Bertz CT molecular complexity index is 1230. The van der Waals surface area contributed by atoms with E-state index in [1.54, 1.807) is 34.0 Å². The van der Waals surface area contributed by atoms with Gasteiger partial charge in [-0.05, 0) is 24.1 Å². The van der Waals surface area contributed by atoms with Crippen LogP contribution in [0.5, 0.6) is 0 Å². The fourth-order valence-corrected chi connectivity index (χ4v) is 4.53. The minimum Gasteiger partial charge on any atom is -0.350 e. The van der Waals surface area contributed by atoms with Crippen molar-refractivity contribution in [2.75, 3.05) is 25.9 Å². The van der Waals surface area contributed by atoms with Gasteiger partial charge in [0.05, 0.1) is 42.4 Å². The number of hydrogen-bond donors (Lipinski definition) is 2. The molecule has 1 aliphatic rings. The summed E-state index contributed by atoms with van der Waals surface area (Å²) < 4.78 is 26.7. The summed E-state index contributed by atoms with van der Waals surface area (Å²) in [5.74, 6) is -0.558. The Morgan fingerprint density at radius 1 is 1.16 bits per heavy atom. The SMILES string of the molecule is CS(=O)(=O)NCC(=O)NC1CN(C(=O)c2cccn3cncc23)CCC1c1ccccc1. The zero-order chi connectivity index (χ0) is 22.7. The van der Waals surface area contributed by atoms with E-state index in [2.05, 4.69) is 15.0 Å². The largest absolute Gasteiger partial charge is 0.350 e. The van der Waals surface area contributed by atoms with E-state index in [0.29, 0.717) is 25.1 Å². The average Bonchev–Trinajstić information content (AvgIpc) is 3.26. The standard InChI is InChI=1S/C22H25N5O4S/c1-32(30,31)24-13-21(28)25-19-14-26(11-9-17(19)16-6-3-2-4-7-16)22(29)18-8-5-10-27-15-23-12-20(18)27/h2-8,10,12,15,17,19,24H,9,11,13-14H2,1H3,(H,25,28). The zero-order valence-corrected chi connectivity index (χ0v) is 18.5. The van der Waals surface area contributed by atoms with Crippen molar-refractivity contribution < 1.29 is 18.0 Å². The van der Waals surface area contributed by atoms with Gasteiger partial charge in [-0.25, -0.2) is 18.1 Å². The second-order valence-corrected chi connectivity index (χ2v) is 9.77. The van der Waals surface area contributed by atoms with Gasteiger partial charge in [0.1, 0.15) is 0 Å². The quantitative estimate of drug-likeness (QED) is 0.576. The Balaban J connectivity index is 1.55. The van der Waals surface area contributed by atoms with Crippen LogP contribution in [0.25, 0.3) is 5.52 Å². The van der Waals surface area contributed by atoms with Crippen LogP contribution in [-0.4, -0.2) is 66.4 Å². The second-order valence-electron chi connectivity index (χ2n) is 7.93. The van der Waals surface area contributed by atoms with E-state index < -0.39 is 15.9 Å². The first kappa shape index (κ1) is 22.0. The van der Waals surface area contributed by atoms with Crippen molar-refractivity contribution in [3.63, 3.8) is 0 Å². The first-order chi connectivity index (χ1) is 15.3. The number of rotatable bonds is 6. The molecule has 0 spiro atoms.